The predicted molar refractivity (Wildman–Crippen MR) is 60.6 cm³/mol. The molecule has 2 N–H and O–H groups in total. The Labute approximate surface area is 94.3 Å². The number of carbonyl (C=O) groups excluding carboxylic acids is 1. The van der Waals surface area contributed by atoms with Crippen molar-refractivity contribution in [2.24, 2.45) is 0 Å². The van der Waals surface area contributed by atoms with Crippen molar-refractivity contribution in [3.8, 4) is 0 Å². The highest BCUT2D eigenvalue weighted by atomic mass is 19.1. The minimum atomic E-state index is -0.600. The van der Waals surface area contributed by atoms with Crippen LogP contribution in [0, 0.1) is 5.95 Å². The van der Waals surface area contributed by atoms with Gasteiger partial charge in [0.05, 0.1) is 0 Å². The highest BCUT2D eigenvalue weighted by Gasteiger charge is 2.08. The molecule has 0 saturated carbocycles. The zero-order valence-electron chi connectivity index (χ0n) is 9.46. The van der Waals surface area contributed by atoms with Crippen LogP contribution in [0.4, 0.5) is 10.2 Å². The van der Waals surface area contributed by atoms with Crippen LogP contribution in [-0.2, 0) is 4.79 Å². The van der Waals surface area contributed by atoms with Crippen LogP contribution in [0.1, 0.15) is 20.3 Å². The van der Waals surface area contributed by atoms with Crippen molar-refractivity contribution in [1.29, 1.82) is 0 Å². The van der Waals surface area contributed by atoms with Gasteiger partial charge in [0.1, 0.15) is 5.82 Å². The minimum absolute atomic E-state index is 0.0959. The standard InChI is InChI=1S/C11H16FN3O/c1-3-13-8(2)7-11(16)15-10-6-4-5-9(12)14-10/h4-6,8,13H,3,7H2,1-2H3,(H,14,15,16). The van der Waals surface area contributed by atoms with Crippen LogP contribution < -0.4 is 10.6 Å². The Kier molecular flexibility index (Phi) is 4.85. The van der Waals surface area contributed by atoms with E-state index in [2.05, 4.69) is 15.6 Å². The Morgan fingerprint density at radius 2 is 2.31 bits per heavy atom. The van der Waals surface area contributed by atoms with Crippen LogP contribution in [-0.4, -0.2) is 23.5 Å². The number of amides is 1. The molecule has 0 fully saturated rings. The molecule has 0 aliphatic rings. The summed E-state index contributed by atoms with van der Waals surface area (Å²) in [5, 5.41) is 5.66. The minimum Gasteiger partial charge on any atom is -0.314 e. The van der Waals surface area contributed by atoms with Crippen LogP contribution in [0.15, 0.2) is 18.2 Å². The fourth-order valence-corrected chi connectivity index (χ4v) is 1.37. The number of carbonyl (C=O) groups is 1. The lowest BCUT2D eigenvalue weighted by molar-refractivity contribution is -0.116. The van der Waals surface area contributed by atoms with Crippen LogP contribution in [0.3, 0.4) is 0 Å². The normalized spacial score (nSPS) is 12.2. The van der Waals surface area contributed by atoms with Crippen LogP contribution in [0.25, 0.3) is 0 Å². The van der Waals surface area contributed by atoms with E-state index in [-0.39, 0.29) is 17.8 Å². The van der Waals surface area contributed by atoms with Gasteiger partial charge in [-0.15, -0.1) is 0 Å². The first-order chi connectivity index (χ1) is 7.61. The van der Waals surface area contributed by atoms with Gasteiger partial charge in [-0.1, -0.05) is 13.0 Å². The van der Waals surface area contributed by atoms with Gasteiger partial charge >= 0.3 is 0 Å². The van der Waals surface area contributed by atoms with Crippen molar-refractivity contribution in [2.45, 2.75) is 26.3 Å². The summed E-state index contributed by atoms with van der Waals surface area (Å²) in [5.41, 5.74) is 0. The number of rotatable bonds is 5. The highest BCUT2D eigenvalue weighted by Crippen LogP contribution is 2.04. The predicted octanol–water partition coefficient (Wildman–Crippen LogP) is 1.55. The van der Waals surface area contributed by atoms with Gasteiger partial charge in [0.15, 0.2) is 0 Å². The summed E-state index contributed by atoms with van der Waals surface area (Å²) in [6, 6.07) is 4.39. The monoisotopic (exact) mass is 225 g/mol. The maximum absolute atomic E-state index is 12.7. The van der Waals surface area contributed by atoms with Gasteiger partial charge in [-0.2, -0.15) is 4.39 Å². The Hall–Kier alpha value is -1.49. The molecule has 0 aliphatic heterocycles. The third-order valence-electron chi connectivity index (χ3n) is 2.03. The summed E-state index contributed by atoms with van der Waals surface area (Å²) in [5.74, 6) is -0.530. The highest BCUT2D eigenvalue weighted by molar-refractivity contribution is 5.90. The Bertz CT molecular complexity index is 357. The molecule has 1 amide bonds. The van der Waals surface area contributed by atoms with Gasteiger partial charge in [0.2, 0.25) is 11.9 Å². The Morgan fingerprint density at radius 3 is 2.94 bits per heavy atom. The summed E-state index contributed by atoms with van der Waals surface area (Å²) < 4.78 is 12.7. The summed E-state index contributed by atoms with van der Waals surface area (Å²) in [4.78, 5) is 15.0. The molecule has 0 bridgehead atoms. The number of pyridine rings is 1. The third-order valence-corrected chi connectivity index (χ3v) is 2.03. The number of hydrogen-bond donors (Lipinski definition) is 2. The molecule has 5 heteroatoms. The summed E-state index contributed by atoms with van der Waals surface area (Å²) in [7, 11) is 0. The van der Waals surface area contributed by atoms with Gasteiger partial charge in [0.25, 0.3) is 0 Å². The number of halogens is 1. The molecule has 4 nitrogen and oxygen atoms in total. The van der Waals surface area contributed by atoms with Crippen LogP contribution in [0.5, 0.6) is 0 Å². The van der Waals surface area contributed by atoms with Gasteiger partial charge < -0.3 is 10.6 Å². The van der Waals surface area contributed by atoms with Crippen molar-refractivity contribution < 1.29 is 9.18 Å². The molecule has 0 radical (unpaired) electrons. The van der Waals surface area contributed by atoms with E-state index in [0.29, 0.717) is 6.42 Å². The zero-order valence-corrected chi connectivity index (χ0v) is 9.46. The van der Waals surface area contributed by atoms with Gasteiger partial charge in [-0.05, 0) is 25.6 Å². The smallest absolute Gasteiger partial charge is 0.227 e. The van der Waals surface area contributed by atoms with E-state index in [0.717, 1.165) is 6.54 Å². The summed E-state index contributed by atoms with van der Waals surface area (Å²) in [6.45, 7) is 4.71. The lowest BCUT2D eigenvalue weighted by Gasteiger charge is -2.11. The maximum Gasteiger partial charge on any atom is 0.227 e. The second-order valence-electron chi connectivity index (χ2n) is 3.56. The summed E-state index contributed by atoms with van der Waals surface area (Å²) in [6.07, 6.45) is 0.339. The topological polar surface area (TPSA) is 54.0 Å². The van der Waals surface area contributed by atoms with Crippen molar-refractivity contribution >= 4 is 11.7 Å². The molecule has 1 heterocycles. The number of nitrogens with one attached hydrogen (secondary N) is 2. The van der Waals surface area contributed by atoms with Crippen molar-refractivity contribution in [3.05, 3.63) is 24.1 Å². The quantitative estimate of drug-likeness (QED) is 0.747. The first kappa shape index (κ1) is 12.6. The van der Waals surface area contributed by atoms with E-state index in [9.17, 15) is 9.18 Å². The lowest BCUT2D eigenvalue weighted by atomic mass is 10.2. The number of nitrogens with zero attached hydrogens (tertiary/aromatic N) is 1. The van der Waals surface area contributed by atoms with Crippen molar-refractivity contribution in [1.82, 2.24) is 10.3 Å². The fraction of sp³-hybridized carbons (Fsp3) is 0.455. The molecule has 88 valence electrons. The van der Waals surface area contributed by atoms with Gasteiger partial charge in [-0.25, -0.2) is 4.98 Å². The van der Waals surface area contributed by atoms with Gasteiger partial charge in [0, 0.05) is 12.5 Å². The third kappa shape index (κ3) is 4.35. The molecule has 1 aromatic rings. The summed E-state index contributed by atoms with van der Waals surface area (Å²) >= 11 is 0. The molecule has 1 atom stereocenters. The molecule has 0 saturated heterocycles. The van der Waals surface area contributed by atoms with Crippen molar-refractivity contribution in [2.75, 3.05) is 11.9 Å². The van der Waals surface area contributed by atoms with E-state index >= 15 is 0 Å². The molecule has 0 aromatic carbocycles. The molecule has 1 unspecified atom stereocenters. The zero-order chi connectivity index (χ0) is 12.0. The maximum atomic E-state index is 12.7. The van der Waals surface area contributed by atoms with E-state index in [4.69, 9.17) is 0 Å². The fourth-order valence-electron chi connectivity index (χ4n) is 1.37. The number of hydrogen-bond acceptors (Lipinski definition) is 3. The second-order valence-corrected chi connectivity index (χ2v) is 3.56. The first-order valence-corrected chi connectivity index (χ1v) is 5.27. The molecular formula is C11H16FN3O. The Balaban J connectivity index is 2.45. The van der Waals surface area contributed by atoms with Gasteiger partial charge in [-0.3, -0.25) is 4.79 Å². The van der Waals surface area contributed by atoms with Crippen LogP contribution in [0.2, 0.25) is 0 Å². The van der Waals surface area contributed by atoms with Crippen molar-refractivity contribution in [3.63, 3.8) is 0 Å². The Morgan fingerprint density at radius 1 is 1.56 bits per heavy atom. The number of anilines is 1. The first-order valence-electron chi connectivity index (χ1n) is 5.27. The van der Waals surface area contributed by atoms with Crippen LogP contribution >= 0.6 is 0 Å². The SMILES string of the molecule is CCNC(C)CC(=O)Nc1cccc(F)n1. The molecular weight excluding hydrogens is 209 g/mol. The average molecular weight is 225 g/mol. The molecule has 16 heavy (non-hydrogen) atoms. The molecule has 1 aromatic heterocycles. The molecule has 0 spiro atoms. The lowest BCUT2D eigenvalue weighted by Crippen LogP contribution is -2.30. The van der Waals surface area contributed by atoms with E-state index < -0.39 is 5.95 Å². The van der Waals surface area contributed by atoms with E-state index in [1.54, 1.807) is 6.07 Å². The number of aromatic nitrogens is 1. The average Bonchev–Trinajstić information content (AvgIpc) is 2.17. The second kappa shape index (κ2) is 6.17. The van der Waals surface area contributed by atoms with E-state index in [1.165, 1.54) is 12.1 Å². The molecule has 1 rings (SSSR count). The molecule has 0 aliphatic carbocycles. The largest absolute Gasteiger partial charge is 0.314 e. The van der Waals surface area contributed by atoms with E-state index in [1.807, 2.05) is 13.8 Å².